The molecule has 1 fully saturated rings. The standard InChI is InChI=1S/C14H19N5OS/c1-8-4-3-5-9(2)19(8)18-13(20)12-11(15)10-6-7-16-17-14(10)21-12/h6-9H,3-5,15H2,1-2H3,(H,18,20). The van der Waals surface area contributed by atoms with Crippen LogP contribution < -0.4 is 11.2 Å². The average Bonchev–Trinajstić information content (AvgIpc) is 2.81. The van der Waals surface area contributed by atoms with E-state index in [-0.39, 0.29) is 5.91 Å². The van der Waals surface area contributed by atoms with Crippen molar-refractivity contribution in [1.82, 2.24) is 20.6 Å². The number of hydrogen-bond donors (Lipinski definition) is 2. The third-order valence-electron chi connectivity index (χ3n) is 4.05. The highest BCUT2D eigenvalue weighted by molar-refractivity contribution is 7.21. The number of nitrogens with one attached hydrogen (secondary N) is 1. The Labute approximate surface area is 127 Å². The Morgan fingerprint density at radius 2 is 2.14 bits per heavy atom. The Balaban J connectivity index is 1.85. The number of carbonyl (C=O) groups excluding carboxylic acids is 1. The van der Waals surface area contributed by atoms with Crippen molar-refractivity contribution >= 4 is 33.1 Å². The van der Waals surface area contributed by atoms with E-state index in [2.05, 4.69) is 29.5 Å². The van der Waals surface area contributed by atoms with E-state index in [1.54, 1.807) is 12.3 Å². The number of nitrogen functional groups attached to an aromatic ring is 1. The average molecular weight is 305 g/mol. The van der Waals surface area contributed by atoms with Gasteiger partial charge in [-0.2, -0.15) is 5.10 Å². The molecule has 0 spiro atoms. The van der Waals surface area contributed by atoms with Gasteiger partial charge in [-0.3, -0.25) is 10.2 Å². The molecule has 112 valence electrons. The number of nitrogens with zero attached hydrogens (tertiary/aromatic N) is 3. The summed E-state index contributed by atoms with van der Waals surface area (Å²) in [4.78, 5) is 13.7. The van der Waals surface area contributed by atoms with Gasteiger partial charge in [0.25, 0.3) is 5.91 Å². The van der Waals surface area contributed by atoms with Gasteiger partial charge in [0.2, 0.25) is 0 Å². The Bertz CT molecular complexity index is 660. The predicted octanol–water partition coefficient (Wildman–Crippen LogP) is 2.18. The molecular formula is C14H19N5OS. The largest absolute Gasteiger partial charge is 0.397 e. The van der Waals surface area contributed by atoms with E-state index in [0.29, 0.717) is 27.5 Å². The maximum atomic E-state index is 12.5. The minimum absolute atomic E-state index is 0.156. The van der Waals surface area contributed by atoms with Gasteiger partial charge in [-0.25, -0.2) is 5.01 Å². The van der Waals surface area contributed by atoms with Crippen molar-refractivity contribution in [1.29, 1.82) is 0 Å². The lowest BCUT2D eigenvalue weighted by molar-refractivity contribution is 0.0373. The minimum atomic E-state index is -0.156. The number of fused-ring (bicyclic) bond motifs is 1. The van der Waals surface area contributed by atoms with Gasteiger partial charge in [0.15, 0.2) is 0 Å². The van der Waals surface area contributed by atoms with Crippen molar-refractivity contribution < 1.29 is 4.79 Å². The van der Waals surface area contributed by atoms with Crippen molar-refractivity contribution in [3.63, 3.8) is 0 Å². The van der Waals surface area contributed by atoms with Crippen molar-refractivity contribution in [3.05, 3.63) is 17.1 Å². The summed E-state index contributed by atoms with van der Waals surface area (Å²) < 4.78 is 0. The Morgan fingerprint density at radius 3 is 2.81 bits per heavy atom. The number of nitrogens with two attached hydrogens (primary N) is 1. The van der Waals surface area contributed by atoms with E-state index >= 15 is 0 Å². The van der Waals surface area contributed by atoms with Gasteiger partial charge in [-0.15, -0.1) is 16.4 Å². The van der Waals surface area contributed by atoms with Gasteiger partial charge in [-0.1, -0.05) is 6.42 Å². The summed E-state index contributed by atoms with van der Waals surface area (Å²) in [6.07, 6.45) is 4.98. The number of rotatable bonds is 2. The number of amides is 1. The zero-order valence-corrected chi connectivity index (χ0v) is 13.0. The van der Waals surface area contributed by atoms with Gasteiger partial charge in [0.05, 0.1) is 11.9 Å². The van der Waals surface area contributed by atoms with E-state index in [1.807, 2.05) is 5.01 Å². The van der Waals surface area contributed by atoms with Crippen LogP contribution in [0.15, 0.2) is 12.3 Å². The van der Waals surface area contributed by atoms with Crippen LogP contribution in [0, 0.1) is 0 Å². The molecule has 1 aliphatic rings. The van der Waals surface area contributed by atoms with Crippen molar-refractivity contribution in [3.8, 4) is 0 Å². The van der Waals surface area contributed by atoms with Gasteiger partial charge in [-0.05, 0) is 32.8 Å². The molecule has 2 atom stereocenters. The van der Waals surface area contributed by atoms with Gasteiger partial charge >= 0.3 is 0 Å². The number of carbonyl (C=O) groups is 1. The minimum Gasteiger partial charge on any atom is -0.397 e. The molecule has 0 bridgehead atoms. The lowest BCUT2D eigenvalue weighted by Crippen LogP contribution is -2.54. The van der Waals surface area contributed by atoms with E-state index in [9.17, 15) is 4.79 Å². The highest BCUT2D eigenvalue weighted by atomic mass is 32.1. The second-order valence-corrected chi connectivity index (χ2v) is 6.57. The van der Waals surface area contributed by atoms with Crippen LogP contribution in [0.25, 0.3) is 10.2 Å². The number of anilines is 1. The summed E-state index contributed by atoms with van der Waals surface area (Å²) in [5, 5.41) is 10.7. The fourth-order valence-electron chi connectivity index (χ4n) is 2.85. The van der Waals surface area contributed by atoms with Crippen LogP contribution in [0.1, 0.15) is 42.8 Å². The molecule has 3 heterocycles. The monoisotopic (exact) mass is 305 g/mol. The van der Waals surface area contributed by atoms with Crippen molar-refractivity contribution in [2.24, 2.45) is 0 Å². The highest BCUT2D eigenvalue weighted by Gasteiger charge is 2.28. The van der Waals surface area contributed by atoms with E-state index in [0.717, 1.165) is 18.2 Å². The SMILES string of the molecule is CC1CCCC(C)N1NC(=O)c1sc2nnccc2c1N. The maximum Gasteiger partial charge on any atom is 0.277 e. The third kappa shape index (κ3) is 2.58. The molecule has 2 aromatic rings. The second kappa shape index (κ2) is 5.57. The second-order valence-electron chi connectivity index (χ2n) is 5.57. The van der Waals surface area contributed by atoms with Crippen LogP contribution in [-0.4, -0.2) is 33.2 Å². The number of thiophene rings is 1. The van der Waals surface area contributed by atoms with E-state index in [4.69, 9.17) is 5.73 Å². The van der Waals surface area contributed by atoms with Crippen LogP contribution in [0.2, 0.25) is 0 Å². The van der Waals surface area contributed by atoms with Gasteiger partial charge in [0, 0.05) is 17.5 Å². The lowest BCUT2D eigenvalue weighted by atomic mass is 10.00. The fourth-order valence-corrected chi connectivity index (χ4v) is 3.78. The molecule has 3 rings (SSSR count). The molecule has 1 aliphatic heterocycles. The van der Waals surface area contributed by atoms with Crippen LogP contribution in [0.5, 0.6) is 0 Å². The summed E-state index contributed by atoms with van der Waals surface area (Å²) in [6.45, 7) is 4.27. The first-order valence-electron chi connectivity index (χ1n) is 7.17. The molecule has 1 saturated heterocycles. The molecule has 2 aromatic heterocycles. The Hall–Kier alpha value is -1.73. The number of piperidine rings is 1. The predicted molar refractivity (Wildman–Crippen MR) is 83.9 cm³/mol. The first-order valence-corrected chi connectivity index (χ1v) is 7.98. The first kappa shape index (κ1) is 14.2. The number of hydrogen-bond acceptors (Lipinski definition) is 6. The van der Waals surface area contributed by atoms with Crippen LogP contribution in [-0.2, 0) is 0 Å². The molecule has 7 heteroatoms. The topological polar surface area (TPSA) is 84.1 Å². The molecule has 6 nitrogen and oxygen atoms in total. The molecule has 21 heavy (non-hydrogen) atoms. The zero-order chi connectivity index (χ0) is 15.0. The lowest BCUT2D eigenvalue weighted by Gasteiger charge is -2.38. The Kier molecular flexibility index (Phi) is 3.77. The fraction of sp³-hybridized carbons (Fsp3) is 0.500. The van der Waals surface area contributed by atoms with Crippen LogP contribution in [0.3, 0.4) is 0 Å². The van der Waals surface area contributed by atoms with Gasteiger partial charge in [0.1, 0.15) is 9.71 Å². The third-order valence-corrected chi connectivity index (χ3v) is 5.16. The molecule has 3 N–H and O–H groups in total. The molecular weight excluding hydrogens is 286 g/mol. The van der Waals surface area contributed by atoms with Crippen molar-refractivity contribution in [2.45, 2.75) is 45.2 Å². The highest BCUT2D eigenvalue weighted by Crippen LogP contribution is 2.31. The summed E-state index contributed by atoms with van der Waals surface area (Å²) in [6, 6.07) is 2.47. The first-order chi connectivity index (χ1) is 10.1. The molecule has 0 radical (unpaired) electrons. The molecule has 0 saturated carbocycles. The van der Waals surface area contributed by atoms with Gasteiger partial charge < -0.3 is 5.73 Å². The molecule has 1 amide bonds. The van der Waals surface area contributed by atoms with Crippen molar-refractivity contribution in [2.75, 3.05) is 5.73 Å². The normalized spacial score (nSPS) is 23.3. The van der Waals surface area contributed by atoms with E-state index < -0.39 is 0 Å². The molecule has 2 unspecified atom stereocenters. The molecule has 0 aliphatic carbocycles. The summed E-state index contributed by atoms with van der Waals surface area (Å²) >= 11 is 1.29. The zero-order valence-electron chi connectivity index (χ0n) is 12.2. The Morgan fingerprint density at radius 1 is 1.43 bits per heavy atom. The van der Waals surface area contributed by atoms with Crippen LogP contribution in [0.4, 0.5) is 5.69 Å². The number of hydrazine groups is 1. The quantitative estimate of drug-likeness (QED) is 0.888. The van der Waals surface area contributed by atoms with E-state index in [1.165, 1.54) is 17.8 Å². The summed E-state index contributed by atoms with van der Waals surface area (Å²) in [7, 11) is 0. The summed E-state index contributed by atoms with van der Waals surface area (Å²) in [5.74, 6) is -0.156. The summed E-state index contributed by atoms with van der Waals surface area (Å²) in [5.41, 5.74) is 9.58. The molecule has 0 aromatic carbocycles. The smallest absolute Gasteiger partial charge is 0.277 e. The van der Waals surface area contributed by atoms with Crippen LogP contribution >= 0.6 is 11.3 Å². The maximum absolute atomic E-state index is 12.5. The number of aromatic nitrogens is 2.